The Kier molecular flexibility index (Phi) is 6.99. The van der Waals surface area contributed by atoms with Crippen LogP contribution < -0.4 is 5.32 Å². The minimum atomic E-state index is -0.305. The lowest BCUT2D eigenvalue weighted by Crippen LogP contribution is -2.16. The molecule has 0 amide bonds. The Morgan fingerprint density at radius 1 is 1.00 bits per heavy atom. The first-order valence-corrected chi connectivity index (χ1v) is 11.3. The van der Waals surface area contributed by atoms with Crippen LogP contribution in [0.1, 0.15) is 54.7 Å². The summed E-state index contributed by atoms with van der Waals surface area (Å²) >= 11 is 1.67. The van der Waals surface area contributed by atoms with E-state index < -0.39 is 0 Å². The van der Waals surface area contributed by atoms with Gasteiger partial charge in [0.05, 0.1) is 6.04 Å². The summed E-state index contributed by atoms with van der Waals surface area (Å²) in [6.45, 7) is 6.46. The van der Waals surface area contributed by atoms with Crippen molar-refractivity contribution in [2.75, 3.05) is 11.6 Å². The minimum absolute atomic E-state index is 0.0437. The number of rotatable bonds is 7. The molecule has 156 valence electrons. The van der Waals surface area contributed by atoms with Crippen molar-refractivity contribution in [2.24, 2.45) is 0 Å². The van der Waals surface area contributed by atoms with E-state index in [2.05, 4.69) is 26.1 Å². The number of benzene rings is 3. The Morgan fingerprint density at radius 2 is 1.67 bits per heavy atom. The molecule has 0 aliphatic heterocycles. The van der Waals surface area contributed by atoms with Gasteiger partial charge in [0.1, 0.15) is 5.82 Å². The van der Waals surface area contributed by atoms with Gasteiger partial charge in [0.15, 0.2) is 5.78 Å². The molecule has 2 nitrogen and oxygen atoms in total. The van der Waals surface area contributed by atoms with Gasteiger partial charge in [0.2, 0.25) is 0 Å². The zero-order chi connectivity index (χ0) is 21.7. The van der Waals surface area contributed by atoms with Crippen molar-refractivity contribution in [3.05, 3.63) is 95.3 Å². The molecule has 0 radical (unpaired) electrons. The first-order chi connectivity index (χ1) is 14.3. The second-order valence-electron chi connectivity index (χ2n) is 8.44. The number of nitrogens with one attached hydrogen (secondary N) is 1. The molecular formula is C26H28FNOS. The average molecular weight is 422 g/mol. The summed E-state index contributed by atoms with van der Waals surface area (Å²) in [5.41, 5.74) is 3.58. The van der Waals surface area contributed by atoms with E-state index in [1.165, 1.54) is 17.7 Å². The lowest BCUT2D eigenvalue weighted by molar-refractivity contribution is 0.0976. The Hall–Kier alpha value is -2.59. The van der Waals surface area contributed by atoms with Crippen molar-refractivity contribution < 1.29 is 9.18 Å². The molecule has 0 saturated heterocycles. The summed E-state index contributed by atoms with van der Waals surface area (Å²) in [4.78, 5) is 14.2. The molecule has 0 aromatic heterocycles. The molecule has 0 spiro atoms. The van der Waals surface area contributed by atoms with E-state index in [0.717, 1.165) is 10.5 Å². The van der Waals surface area contributed by atoms with Crippen molar-refractivity contribution in [3.63, 3.8) is 0 Å². The molecule has 3 aromatic carbocycles. The highest BCUT2D eigenvalue weighted by Crippen LogP contribution is 2.28. The fourth-order valence-corrected chi connectivity index (χ4v) is 3.74. The Bertz CT molecular complexity index is 991. The van der Waals surface area contributed by atoms with Gasteiger partial charge in [-0.05, 0) is 53.1 Å². The fraction of sp³-hybridized carbons (Fsp3) is 0.269. The van der Waals surface area contributed by atoms with Gasteiger partial charge in [-0.3, -0.25) is 4.79 Å². The van der Waals surface area contributed by atoms with E-state index >= 15 is 0 Å². The molecule has 0 bridgehead atoms. The van der Waals surface area contributed by atoms with E-state index in [-0.39, 0.29) is 29.5 Å². The van der Waals surface area contributed by atoms with E-state index in [9.17, 15) is 9.18 Å². The average Bonchev–Trinajstić information content (AvgIpc) is 2.73. The van der Waals surface area contributed by atoms with Crippen LogP contribution in [0.2, 0.25) is 0 Å². The van der Waals surface area contributed by atoms with Crippen LogP contribution in [-0.2, 0) is 5.41 Å². The summed E-state index contributed by atoms with van der Waals surface area (Å²) < 4.78 is 13.7. The van der Waals surface area contributed by atoms with Gasteiger partial charge in [-0.2, -0.15) is 0 Å². The van der Waals surface area contributed by atoms with Crippen LogP contribution >= 0.6 is 11.8 Å². The molecule has 30 heavy (non-hydrogen) atoms. The number of hydrogen-bond donors (Lipinski definition) is 1. The summed E-state index contributed by atoms with van der Waals surface area (Å²) in [5.74, 6) is -0.251. The molecule has 0 heterocycles. The quantitative estimate of drug-likeness (QED) is 0.321. The van der Waals surface area contributed by atoms with Gasteiger partial charge in [0, 0.05) is 22.6 Å². The fourth-order valence-electron chi connectivity index (χ4n) is 3.33. The maximum absolute atomic E-state index is 13.7. The third-order valence-corrected chi connectivity index (χ3v) is 5.89. The summed E-state index contributed by atoms with van der Waals surface area (Å²) in [5, 5.41) is 3.34. The maximum atomic E-state index is 13.7. The van der Waals surface area contributed by atoms with Crippen LogP contribution in [0.4, 0.5) is 10.1 Å². The number of Topliss-reactive ketones (excluding diaryl/α,β-unsaturated/α-hetero) is 1. The highest BCUT2D eigenvalue weighted by Gasteiger charge is 2.19. The topological polar surface area (TPSA) is 29.1 Å². The highest BCUT2D eigenvalue weighted by molar-refractivity contribution is 7.98. The van der Waals surface area contributed by atoms with E-state index in [0.29, 0.717) is 11.3 Å². The molecule has 0 saturated carbocycles. The number of thioether (sulfide) groups is 1. The molecule has 1 atom stereocenters. The van der Waals surface area contributed by atoms with Crippen LogP contribution in [0.25, 0.3) is 0 Å². The van der Waals surface area contributed by atoms with E-state index in [4.69, 9.17) is 0 Å². The molecule has 0 fully saturated rings. The standard InChI is InChI=1S/C26H28FNOS/c1-26(2,3)20-12-8-19(9-13-20)25(29)17-24(18-10-14-23(30-4)15-11-18)28-22-7-5-6-21(27)16-22/h5-16,24,28H,17H2,1-4H3/t24-/m1/s1. The first kappa shape index (κ1) is 22.1. The normalized spacial score (nSPS) is 12.4. The van der Waals surface area contributed by atoms with Crippen molar-refractivity contribution in [1.82, 2.24) is 0 Å². The second-order valence-corrected chi connectivity index (χ2v) is 9.31. The molecular weight excluding hydrogens is 393 g/mol. The van der Waals surface area contributed by atoms with Crippen LogP contribution in [0.5, 0.6) is 0 Å². The van der Waals surface area contributed by atoms with Gasteiger partial charge >= 0.3 is 0 Å². The van der Waals surface area contributed by atoms with Gasteiger partial charge in [-0.15, -0.1) is 11.8 Å². The smallest absolute Gasteiger partial charge is 0.165 e. The summed E-state index contributed by atoms with van der Waals surface area (Å²) in [7, 11) is 0. The Balaban J connectivity index is 1.84. The minimum Gasteiger partial charge on any atom is -0.378 e. The van der Waals surface area contributed by atoms with Crippen LogP contribution in [0.15, 0.2) is 77.7 Å². The summed E-state index contributed by atoms with van der Waals surface area (Å²) in [6.07, 6.45) is 2.31. The third-order valence-electron chi connectivity index (χ3n) is 5.15. The largest absolute Gasteiger partial charge is 0.378 e. The number of hydrogen-bond acceptors (Lipinski definition) is 3. The maximum Gasteiger partial charge on any atom is 0.165 e. The van der Waals surface area contributed by atoms with Gasteiger partial charge in [-0.25, -0.2) is 4.39 Å². The van der Waals surface area contributed by atoms with Crippen molar-refractivity contribution in [1.29, 1.82) is 0 Å². The monoisotopic (exact) mass is 421 g/mol. The Labute approximate surface area is 182 Å². The lowest BCUT2D eigenvalue weighted by atomic mass is 9.86. The Morgan fingerprint density at radius 3 is 2.23 bits per heavy atom. The highest BCUT2D eigenvalue weighted by atomic mass is 32.2. The first-order valence-electron chi connectivity index (χ1n) is 10.1. The van der Waals surface area contributed by atoms with Crippen molar-refractivity contribution >= 4 is 23.2 Å². The predicted molar refractivity (Wildman–Crippen MR) is 125 cm³/mol. The predicted octanol–water partition coefficient (Wildman–Crippen LogP) is 7.27. The SMILES string of the molecule is CSc1ccc([C@@H](CC(=O)c2ccc(C(C)(C)C)cc2)Nc2cccc(F)c2)cc1. The number of carbonyl (C=O) groups is 1. The number of carbonyl (C=O) groups excluding carboxylic acids is 1. The van der Waals surface area contributed by atoms with Crippen LogP contribution in [-0.4, -0.2) is 12.0 Å². The molecule has 0 unspecified atom stereocenters. The van der Waals surface area contributed by atoms with E-state index in [1.807, 2.05) is 60.9 Å². The molecule has 3 aromatic rings. The van der Waals surface area contributed by atoms with Crippen molar-refractivity contribution in [3.8, 4) is 0 Å². The molecule has 0 aliphatic rings. The zero-order valence-electron chi connectivity index (χ0n) is 17.9. The molecule has 1 N–H and O–H groups in total. The van der Waals surface area contributed by atoms with Gasteiger partial charge in [0.25, 0.3) is 0 Å². The van der Waals surface area contributed by atoms with Crippen LogP contribution in [0, 0.1) is 5.82 Å². The zero-order valence-corrected chi connectivity index (χ0v) is 18.7. The number of halogens is 1. The molecule has 3 rings (SSSR count). The number of ketones is 1. The van der Waals surface area contributed by atoms with Gasteiger partial charge < -0.3 is 5.32 Å². The molecule has 0 aliphatic carbocycles. The van der Waals surface area contributed by atoms with Crippen LogP contribution in [0.3, 0.4) is 0 Å². The lowest BCUT2D eigenvalue weighted by Gasteiger charge is -2.21. The second kappa shape index (κ2) is 9.48. The van der Waals surface area contributed by atoms with Crippen molar-refractivity contribution in [2.45, 2.75) is 43.5 Å². The third kappa shape index (κ3) is 5.73. The number of anilines is 1. The summed E-state index contributed by atoms with van der Waals surface area (Å²) in [6, 6.07) is 22.1. The molecule has 4 heteroatoms. The van der Waals surface area contributed by atoms with Gasteiger partial charge in [-0.1, -0.05) is 63.2 Å². The van der Waals surface area contributed by atoms with E-state index in [1.54, 1.807) is 17.8 Å².